The van der Waals surface area contributed by atoms with Gasteiger partial charge in [-0.25, -0.2) is 9.37 Å². The van der Waals surface area contributed by atoms with Gasteiger partial charge in [-0.05, 0) is 55.3 Å². The molecule has 0 saturated carbocycles. The maximum atomic E-state index is 13.3. The van der Waals surface area contributed by atoms with Gasteiger partial charge in [0.25, 0.3) is 5.91 Å². The van der Waals surface area contributed by atoms with E-state index >= 15 is 0 Å². The number of hydrogen-bond donors (Lipinski definition) is 1. The molecule has 0 bridgehead atoms. The van der Waals surface area contributed by atoms with Gasteiger partial charge in [0.1, 0.15) is 5.82 Å². The van der Waals surface area contributed by atoms with Gasteiger partial charge in [-0.2, -0.15) is 0 Å². The molecule has 4 aromatic rings. The van der Waals surface area contributed by atoms with Crippen molar-refractivity contribution < 1.29 is 9.18 Å². The first-order chi connectivity index (χ1) is 15.0. The van der Waals surface area contributed by atoms with Crippen LogP contribution in [0.25, 0.3) is 11.0 Å². The second-order valence-corrected chi connectivity index (χ2v) is 8.53. The maximum absolute atomic E-state index is 13.3. The highest BCUT2D eigenvalue weighted by atomic mass is 32.2. The molecule has 0 atom stereocenters. The zero-order valence-electron chi connectivity index (χ0n) is 17.4. The molecule has 0 radical (unpaired) electrons. The summed E-state index contributed by atoms with van der Waals surface area (Å²) in [7, 11) is 0. The van der Waals surface area contributed by atoms with Crippen molar-refractivity contribution in [2.24, 2.45) is 0 Å². The van der Waals surface area contributed by atoms with Gasteiger partial charge in [-0.1, -0.05) is 36.0 Å². The van der Waals surface area contributed by atoms with Crippen molar-refractivity contribution in [2.45, 2.75) is 37.3 Å². The molecule has 0 saturated heterocycles. The zero-order valence-corrected chi connectivity index (χ0v) is 18.2. The number of nitrogens with one attached hydrogen (secondary N) is 1. The second-order valence-electron chi connectivity index (χ2n) is 7.59. The second kappa shape index (κ2) is 9.31. The standard InChI is InChI=1S/C24H23FN4OS/c1-16(2)27-23(30)19-7-3-18(4-8-19)15-31-24-28-21-11-12-26-13-22(21)29(24)14-17-5-9-20(25)10-6-17/h3-13,16H,14-15H2,1-2H3,(H,27,30). The largest absolute Gasteiger partial charge is 0.350 e. The van der Waals surface area contributed by atoms with Crippen molar-refractivity contribution in [1.82, 2.24) is 19.9 Å². The van der Waals surface area contributed by atoms with Crippen LogP contribution in [-0.2, 0) is 12.3 Å². The molecule has 2 aromatic carbocycles. The van der Waals surface area contributed by atoms with E-state index in [9.17, 15) is 9.18 Å². The number of fused-ring (bicyclic) bond motifs is 1. The Kier molecular flexibility index (Phi) is 6.32. The molecule has 7 heteroatoms. The highest BCUT2D eigenvalue weighted by Crippen LogP contribution is 2.27. The Balaban J connectivity index is 1.53. The molecule has 2 heterocycles. The predicted octanol–water partition coefficient (Wildman–Crippen LogP) is 5.05. The molecule has 0 spiro atoms. The van der Waals surface area contributed by atoms with Crippen molar-refractivity contribution in [3.8, 4) is 0 Å². The number of nitrogens with zero attached hydrogens (tertiary/aromatic N) is 3. The van der Waals surface area contributed by atoms with E-state index in [4.69, 9.17) is 4.98 Å². The summed E-state index contributed by atoms with van der Waals surface area (Å²) in [6.07, 6.45) is 3.53. The zero-order chi connectivity index (χ0) is 21.8. The Morgan fingerprint density at radius 1 is 1.06 bits per heavy atom. The number of hydrogen-bond acceptors (Lipinski definition) is 4. The summed E-state index contributed by atoms with van der Waals surface area (Å²) >= 11 is 1.62. The molecule has 0 unspecified atom stereocenters. The number of halogens is 1. The van der Waals surface area contributed by atoms with E-state index in [1.165, 1.54) is 12.1 Å². The van der Waals surface area contributed by atoms with Crippen LogP contribution in [0.15, 0.2) is 72.1 Å². The van der Waals surface area contributed by atoms with Crippen LogP contribution < -0.4 is 5.32 Å². The quantitative estimate of drug-likeness (QED) is 0.414. The van der Waals surface area contributed by atoms with E-state index in [1.54, 1.807) is 36.3 Å². The number of aromatic nitrogens is 3. The summed E-state index contributed by atoms with van der Waals surface area (Å²) in [6, 6.07) is 16.1. The topological polar surface area (TPSA) is 59.8 Å². The van der Waals surface area contributed by atoms with E-state index in [0.717, 1.165) is 27.3 Å². The van der Waals surface area contributed by atoms with Crippen LogP contribution >= 0.6 is 11.8 Å². The summed E-state index contributed by atoms with van der Waals surface area (Å²) in [6.45, 7) is 4.46. The molecular formula is C24H23FN4OS. The average molecular weight is 435 g/mol. The first kappa shape index (κ1) is 21.1. The molecule has 0 aliphatic carbocycles. The molecule has 1 amide bonds. The van der Waals surface area contributed by atoms with Gasteiger partial charge in [-0.3, -0.25) is 9.78 Å². The van der Waals surface area contributed by atoms with Crippen LogP contribution in [0.5, 0.6) is 0 Å². The number of amides is 1. The van der Waals surface area contributed by atoms with Crippen molar-refractivity contribution in [3.63, 3.8) is 0 Å². The minimum absolute atomic E-state index is 0.0669. The number of thioether (sulfide) groups is 1. The van der Waals surface area contributed by atoms with Gasteiger partial charge in [0.05, 0.1) is 23.8 Å². The Hall–Kier alpha value is -3.19. The predicted molar refractivity (Wildman–Crippen MR) is 122 cm³/mol. The lowest BCUT2D eigenvalue weighted by Gasteiger charge is -2.10. The molecular weight excluding hydrogens is 411 g/mol. The van der Waals surface area contributed by atoms with Crippen LogP contribution in [0.2, 0.25) is 0 Å². The minimum atomic E-state index is -0.249. The molecule has 0 aliphatic heterocycles. The van der Waals surface area contributed by atoms with Crippen LogP contribution in [0.4, 0.5) is 4.39 Å². The summed E-state index contributed by atoms with van der Waals surface area (Å²) < 4.78 is 15.4. The lowest BCUT2D eigenvalue weighted by molar-refractivity contribution is 0.0943. The van der Waals surface area contributed by atoms with Gasteiger partial charge in [0.2, 0.25) is 0 Å². The molecule has 0 aliphatic rings. The van der Waals surface area contributed by atoms with Crippen LogP contribution in [0, 0.1) is 5.82 Å². The van der Waals surface area contributed by atoms with Crippen LogP contribution in [0.3, 0.4) is 0 Å². The van der Waals surface area contributed by atoms with Crippen molar-refractivity contribution in [3.05, 3.63) is 89.5 Å². The molecule has 2 aromatic heterocycles. The number of benzene rings is 2. The number of carbonyl (C=O) groups is 1. The summed E-state index contributed by atoms with van der Waals surface area (Å²) in [5, 5.41) is 3.77. The van der Waals surface area contributed by atoms with Gasteiger partial charge < -0.3 is 9.88 Å². The number of rotatable bonds is 7. The average Bonchev–Trinajstić information content (AvgIpc) is 3.11. The maximum Gasteiger partial charge on any atom is 0.251 e. The van der Waals surface area contributed by atoms with E-state index in [-0.39, 0.29) is 17.8 Å². The fourth-order valence-corrected chi connectivity index (χ4v) is 4.20. The minimum Gasteiger partial charge on any atom is -0.350 e. The summed E-state index contributed by atoms with van der Waals surface area (Å²) in [5.41, 5.74) is 4.56. The van der Waals surface area contributed by atoms with Gasteiger partial charge >= 0.3 is 0 Å². The third kappa shape index (κ3) is 5.11. The number of pyridine rings is 1. The van der Waals surface area contributed by atoms with E-state index in [2.05, 4.69) is 14.9 Å². The number of imidazole rings is 1. The molecule has 4 rings (SSSR count). The first-order valence-corrected chi connectivity index (χ1v) is 11.1. The van der Waals surface area contributed by atoms with E-state index < -0.39 is 0 Å². The number of carbonyl (C=O) groups excluding carboxylic acids is 1. The van der Waals surface area contributed by atoms with Crippen LogP contribution in [-0.4, -0.2) is 26.5 Å². The summed E-state index contributed by atoms with van der Waals surface area (Å²) in [5.74, 6) is 0.399. The van der Waals surface area contributed by atoms with Crippen molar-refractivity contribution in [2.75, 3.05) is 0 Å². The monoisotopic (exact) mass is 434 g/mol. The highest BCUT2D eigenvalue weighted by molar-refractivity contribution is 7.98. The van der Waals surface area contributed by atoms with E-state index in [1.807, 2.05) is 44.2 Å². The third-order valence-corrected chi connectivity index (χ3v) is 5.82. The van der Waals surface area contributed by atoms with E-state index in [0.29, 0.717) is 17.9 Å². The van der Waals surface area contributed by atoms with Crippen LogP contribution in [0.1, 0.15) is 35.3 Å². The third-order valence-electron chi connectivity index (χ3n) is 4.77. The Labute approximate surface area is 184 Å². The lowest BCUT2D eigenvalue weighted by Crippen LogP contribution is -2.29. The fourth-order valence-electron chi connectivity index (χ4n) is 3.23. The Bertz CT molecular complexity index is 1190. The summed E-state index contributed by atoms with van der Waals surface area (Å²) in [4.78, 5) is 21.1. The first-order valence-electron chi connectivity index (χ1n) is 10.1. The Morgan fingerprint density at radius 3 is 2.48 bits per heavy atom. The lowest BCUT2D eigenvalue weighted by atomic mass is 10.1. The van der Waals surface area contributed by atoms with Gasteiger partial charge in [0.15, 0.2) is 5.16 Å². The smallest absolute Gasteiger partial charge is 0.251 e. The fraction of sp³-hybridized carbons (Fsp3) is 0.208. The Morgan fingerprint density at radius 2 is 1.77 bits per heavy atom. The SMILES string of the molecule is CC(C)NC(=O)c1ccc(CSc2nc3ccncc3n2Cc2ccc(F)cc2)cc1. The van der Waals surface area contributed by atoms with Crippen molar-refractivity contribution in [1.29, 1.82) is 0 Å². The molecule has 1 N–H and O–H groups in total. The molecule has 0 fully saturated rings. The highest BCUT2D eigenvalue weighted by Gasteiger charge is 2.13. The molecule has 158 valence electrons. The normalized spacial score (nSPS) is 11.2. The van der Waals surface area contributed by atoms with Gasteiger partial charge in [0, 0.05) is 23.6 Å². The molecule has 5 nitrogen and oxygen atoms in total. The molecule has 31 heavy (non-hydrogen) atoms. The van der Waals surface area contributed by atoms with Gasteiger partial charge in [-0.15, -0.1) is 0 Å². The van der Waals surface area contributed by atoms with Crippen molar-refractivity contribution >= 4 is 28.7 Å².